The summed E-state index contributed by atoms with van der Waals surface area (Å²) in [7, 11) is 0. The predicted molar refractivity (Wildman–Crippen MR) is 108 cm³/mol. The molecular weight excluding hydrogens is 438 g/mol. The Hall–Kier alpha value is -1.33. The molecule has 12 heteroatoms. The summed E-state index contributed by atoms with van der Waals surface area (Å²) in [6.07, 6.45) is -2.77. The molecule has 1 aliphatic rings. The summed E-state index contributed by atoms with van der Waals surface area (Å²) >= 11 is 1.49. The molecule has 0 radical (unpaired) electrons. The third kappa shape index (κ3) is 6.08. The Morgan fingerprint density at radius 3 is 2.61 bits per heavy atom. The number of thiazole rings is 1. The fourth-order valence-electron chi connectivity index (χ4n) is 2.90. The number of aromatic amines is 1. The van der Waals surface area contributed by atoms with Crippen LogP contribution in [0.25, 0.3) is 11.3 Å². The number of H-pyrrole nitrogens is 1. The molecule has 0 bridgehead atoms. The maximum absolute atomic E-state index is 13.4. The second-order valence-electron chi connectivity index (χ2n) is 6.11. The normalized spacial score (nSPS) is 16.0. The van der Waals surface area contributed by atoms with Crippen LogP contribution in [0.4, 0.5) is 13.2 Å². The molecule has 3 rings (SSSR count). The molecule has 1 aliphatic heterocycles. The van der Waals surface area contributed by atoms with Gasteiger partial charge in [-0.25, -0.2) is 4.98 Å². The van der Waals surface area contributed by atoms with E-state index in [1.54, 1.807) is 12.3 Å². The maximum Gasteiger partial charge on any atom is 0.405 e. The molecule has 3 N–H and O–H groups in total. The molecular formula is C16H22Cl2F3N5OS. The number of nitrogens with zero attached hydrogens (tertiary/aromatic N) is 2. The van der Waals surface area contributed by atoms with E-state index in [1.807, 2.05) is 12.3 Å². The van der Waals surface area contributed by atoms with Crippen molar-refractivity contribution in [2.75, 3.05) is 32.7 Å². The van der Waals surface area contributed by atoms with E-state index in [4.69, 9.17) is 0 Å². The van der Waals surface area contributed by atoms with Gasteiger partial charge >= 0.3 is 6.18 Å². The van der Waals surface area contributed by atoms with E-state index < -0.39 is 24.7 Å². The number of piperazine rings is 1. The van der Waals surface area contributed by atoms with Crippen LogP contribution in [0.5, 0.6) is 0 Å². The lowest BCUT2D eigenvalue weighted by atomic mass is 10.2. The SMILES string of the molecule is Cc1nc(-c2c[nH]c(C(=O)NCC(N3CCNCC3)C(F)(F)F)c2)cs1.Cl.Cl. The average molecular weight is 460 g/mol. The van der Waals surface area contributed by atoms with E-state index in [0.717, 1.165) is 16.3 Å². The lowest BCUT2D eigenvalue weighted by Gasteiger charge is -2.35. The Morgan fingerprint density at radius 2 is 2.04 bits per heavy atom. The molecule has 28 heavy (non-hydrogen) atoms. The van der Waals surface area contributed by atoms with Crippen LogP contribution in [-0.4, -0.2) is 65.7 Å². The summed E-state index contributed by atoms with van der Waals surface area (Å²) in [4.78, 5) is 20.7. The summed E-state index contributed by atoms with van der Waals surface area (Å²) in [6, 6.07) is -0.0961. The van der Waals surface area contributed by atoms with Gasteiger partial charge in [-0.05, 0) is 13.0 Å². The summed E-state index contributed by atoms with van der Waals surface area (Å²) in [5, 5.41) is 8.19. The van der Waals surface area contributed by atoms with Crippen molar-refractivity contribution in [3.05, 3.63) is 28.3 Å². The molecule has 2 aromatic heterocycles. The molecule has 3 heterocycles. The van der Waals surface area contributed by atoms with Crippen molar-refractivity contribution in [1.82, 2.24) is 25.5 Å². The standard InChI is InChI=1S/C16H20F3N5OS.2ClH/c1-10-23-13(9-26-10)11-6-12(21-7-11)15(25)22-8-14(16(17,18)19)24-4-2-20-3-5-24;;/h6-7,9,14,20-21H,2-5,8H2,1H3,(H,22,25);2*1H. The average Bonchev–Trinajstić information content (AvgIpc) is 3.23. The quantitative estimate of drug-likeness (QED) is 0.642. The van der Waals surface area contributed by atoms with Crippen LogP contribution >= 0.6 is 36.2 Å². The Labute approximate surface area is 177 Å². The van der Waals surface area contributed by atoms with Crippen molar-refractivity contribution in [3.63, 3.8) is 0 Å². The molecule has 2 aromatic rings. The second kappa shape index (κ2) is 10.4. The zero-order valence-electron chi connectivity index (χ0n) is 15.0. The zero-order chi connectivity index (χ0) is 18.7. The number of nitrogens with one attached hydrogen (secondary N) is 3. The summed E-state index contributed by atoms with van der Waals surface area (Å²) < 4.78 is 40.1. The first-order chi connectivity index (χ1) is 12.3. The predicted octanol–water partition coefficient (Wildman–Crippen LogP) is 2.86. The molecule has 0 aromatic carbocycles. The molecule has 0 saturated carbocycles. The number of alkyl halides is 3. The number of aryl methyl sites for hydroxylation is 1. The number of aromatic nitrogens is 2. The first kappa shape index (κ1) is 24.7. The minimum absolute atomic E-state index is 0. The lowest BCUT2D eigenvalue weighted by molar-refractivity contribution is -0.183. The number of hydrogen-bond acceptors (Lipinski definition) is 5. The van der Waals surface area contributed by atoms with Gasteiger partial charge in [-0.15, -0.1) is 36.2 Å². The van der Waals surface area contributed by atoms with Gasteiger partial charge in [0.2, 0.25) is 0 Å². The van der Waals surface area contributed by atoms with Crippen LogP contribution < -0.4 is 10.6 Å². The molecule has 1 saturated heterocycles. The molecule has 1 fully saturated rings. The number of hydrogen-bond donors (Lipinski definition) is 3. The summed E-state index contributed by atoms with van der Waals surface area (Å²) in [6.45, 7) is 3.02. The molecule has 158 valence electrons. The first-order valence-electron chi connectivity index (χ1n) is 8.25. The number of amides is 1. The first-order valence-corrected chi connectivity index (χ1v) is 9.13. The van der Waals surface area contributed by atoms with Crippen molar-refractivity contribution >= 4 is 42.1 Å². The van der Waals surface area contributed by atoms with Gasteiger partial charge in [0.1, 0.15) is 11.7 Å². The Morgan fingerprint density at radius 1 is 1.36 bits per heavy atom. The number of carbonyl (C=O) groups is 1. The van der Waals surface area contributed by atoms with Crippen LogP contribution in [-0.2, 0) is 0 Å². The molecule has 0 spiro atoms. The second-order valence-corrected chi connectivity index (χ2v) is 7.17. The monoisotopic (exact) mass is 459 g/mol. The van der Waals surface area contributed by atoms with Crippen molar-refractivity contribution < 1.29 is 18.0 Å². The van der Waals surface area contributed by atoms with Gasteiger partial charge in [-0.3, -0.25) is 9.69 Å². The summed E-state index contributed by atoms with van der Waals surface area (Å²) in [5.41, 5.74) is 1.68. The van der Waals surface area contributed by atoms with Crippen molar-refractivity contribution in [3.8, 4) is 11.3 Å². The molecule has 1 amide bonds. The maximum atomic E-state index is 13.4. The lowest BCUT2D eigenvalue weighted by Crippen LogP contribution is -2.57. The third-order valence-corrected chi connectivity index (χ3v) is 5.04. The molecule has 1 unspecified atom stereocenters. The summed E-state index contributed by atoms with van der Waals surface area (Å²) in [5.74, 6) is -0.562. The van der Waals surface area contributed by atoms with Gasteiger partial charge in [-0.2, -0.15) is 13.2 Å². The van der Waals surface area contributed by atoms with Crippen molar-refractivity contribution in [1.29, 1.82) is 0 Å². The van der Waals surface area contributed by atoms with E-state index >= 15 is 0 Å². The largest absolute Gasteiger partial charge is 0.405 e. The van der Waals surface area contributed by atoms with Crippen LogP contribution in [0, 0.1) is 6.92 Å². The smallest absolute Gasteiger partial charge is 0.357 e. The van der Waals surface area contributed by atoms with Crippen LogP contribution in [0.1, 0.15) is 15.5 Å². The van der Waals surface area contributed by atoms with E-state index in [2.05, 4.69) is 20.6 Å². The highest BCUT2D eigenvalue weighted by Crippen LogP contribution is 2.25. The Balaban J connectivity index is 0.00000196. The van der Waals surface area contributed by atoms with Gasteiger partial charge in [0.25, 0.3) is 5.91 Å². The van der Waals surface area contributed by atoms with Gasteiger partial charge in [0, 0.05) is 49.9 Å². The fourth-order valence-corrected chi connectivity index (χ4v) is 3.52. The minimum Gasteiger partial charge on any atom is -0.357 e. The van der Waals surface area contributed by atoms with Gasteiger partial charge < -0.3 is 15.6 Å². The third-order valence-electron chi connectivity index (χ3n) is 4.27. The van der Waals surface area contributed by atoms with E-state index in [0.29, 0.717) is 26.2 Å². The van der Waals surface area contributed by atoms with E-state index in [1.165, 1.54) is 16.2 Å². The highest BCUT2D eigenvalue weighted by atomic mass is 35.5. The number of carbonyl (C=O) groups excluding carboxylic acids is 1. The van der Waals surface area contributed by atoms with Crippen LogP contribution in [0.2, 0.25) is 0 Å². The Bertz CT molecular complexity index is 762. The Kier molecular flexibility index (Phi) is 9.22. The van der Waals surface area contributed by atoms with Gasteiger partial charge in [-0.1, -0.05) is 0 Å². The number of halogens is 5. The minimum atomic E-state index is -4.40. The van der Waals surface area contributed by atoms with Gasteiger partial charge in [0.15, 0.2) is 0 Å². The van der Waals surface area contributed by atoms with E-state index in [-0.39, 0.29) is 30.5 Å². The topological polar surface area (TPSA) is 73.0 Å². The highest BCUT2D eigenvalue weighted by molar-refractivity contribution is 7.09. The molecule has 0 aliphatic carbocycles. The van der Waals surface area contributed by atoms with Gasteiger partial charge in [0.05, 0.1) is 10.7 Å². The van der Waals surface area contributed by atoms with Crippen LogP contribution in [0.3, 0.4) is 0 Å². The number of rotatable bonds is 5. The van der Waals surface area contributed by atoms with E-state index in [9.17, 15) is 18.0 Å². The molecule has 1 atom stereocenters. The molecule has 6 nitrogen and oxygen atoms in total. The van der Waals surface area contributed by atoms with Crippen LogP contribution in [0.15, 0.2) is 17.6 Å². The van der Waals surface area contributed by atoms with Crippen molar-refractivity contribution in [2.45, 2.75) is 19.1 Å². The zero-order valence-corrected chi connectivity index (χ0v) is 17.5. The van der Waals surface area contributed by atoms with Crippen molar-refractivity contribution in [2.24, 2.45) is 0 Å². The highest BCUT2D eigenvalue weighted by Gasteiger charge is 2.43. The fraction of sp³-hybridized carbons (Fsp3) is 0.500.